The van der Waals surface area contributed by atoms with Crippen molar-refractivity contribution in [2.24, 2.45) is 5.92 Å². The maximum atomic E-state index is 13.7. The fourth-order valence-corrected chi connectivity index (χ4v) is 2.29. The number of nitrogens with one attached hydrogen (secondary N) is 1. The third-order valence-electron chi connectivity index (χ3n) is 3.47. The third-order valence-corrected chi connectivity index (χ3v) is 3.47. The van der Waals surface area contributed by atoms with Crippen LogP contribution in [-0.4, -0.2) is 41.3 Å². The normalized spacial score (nSPS) is 18.8. The van der Waals surface area contributed by atoms with Crippen LogP contribution in [0.2, 0.25) is 0 Å². The SMILES string of the molecule is CNc1ncc(F)c(N2CCC(C(C)O)CC2)n1. The van der Waals surface area contributed by atoms with E-state index in [2.05, 4.69) is 15.3 Å². The molecular weight excluding hydrogens is 235 g/mol. The van der Waals surface area contributed by atoms with Gasteiger partial charge < -0.3 is 15.3 Å². The summed E-state index contributed by atoms with van der Waals surface area (Å²) in [5, 5.41) is 12.3. The first-order valence-corrected chi connectivity index (χ1v) is 6.25. The Morgan fingerprint density at radius 2 is 2.17 bits per heavy atom. The zero-order valence-electron chi connectivity index (χ0n) is 10.7. The van der Waals surface area contributed by atoms with E-state index in [1.165, 1.54) is 6.20 Å². The van der Waals surface area contributed by atoms with Gasteiger partial charge >= 0.3 is 0 Å². The van der Waals surface area contributed by atoms with Gasteiger partial charge in [0.2, 0.25) is 5.95 Å². The van der Waals surface area contributed by atoms with Gasteiger partial charge in [-0.05, 0) is 25.7 Å². The molecule has 0 aliphatic carbocycles. The number of aromatic nitrogens is 2. The largest absolute Gasteiger partial charge is 0.393 e. The highest BCUT2D eigenvalue weighted by Gasteiger charge is 2.25. The minimum Gasteiger partial charge on any atom is -0.393 e. The molecule has 0 spiro atoms. The lowest BCUT2D eigenvalue weighted by molar-refractivity contribution is 0.109. The lowest BCUT2D eigenvalue weighted by Gasteiger charge is -2.34. The number of nitrogens with zero attached hydrogens (tertiary/aromatic N) is 3. The summed E-state index contributed by atoms with van der Waals surface area (Å²) in [4.78, 5) is 9.90. The fourth-order valence-electron chi connectivity index (χ4n) is 2.29. The molecule has 6 heteroatoms. The summed E-state index contributed by atoms with van der Waals surface area (Å²) in [6.45, 7) is 3.24. The third kappa shape index (κ3) is 2.69. The van der Waals surface area contributed by atoms with E-state index in [4.69, 9.17) is 0 Å². The number of aliphatic hydroxyl groups excluding tert-OH is 1. The summed E-state index contributed by atoms with van der Waals surface area (Å²) < 4.78 is 13.7. The van der Waals surface area contributed by atoms with E-state index in [1.54, 1.807) is 7.05 Å². The molecule has 1 unspecified atom stereocenters. The van der Waals surface area contributed by atoms with Crippen LogP contribution in [0.4, 0.5) is 16.2 Å². The van der Waals surface area contributed by atoms with Crippen molar-refractivity contribution in [3.8, 4) is 0 Å². The highest BCUT2D eigenvalue weighted by Crippen LogP contribution is 2.26. The van der Waals surface area contributed by atoms with Crippen LogP contribution >= 0.6 is 0 Å². The van der Waals surface area contributed by atoms with E-state index < -0.39 is 5.82 Å². The van der Waals surface area contributed by atoms with Gasteiger partial charge in [0.25, 0.3) is 0 Å². The topological polar surface area (TPSA) is 61.3 Å². The van der Waals surface area contributed by atoms with E-state index in [-0.39, 0.29) is 6.10 Å². The molecule has 0 saturated carbocycles. The molecule has 0 amide bonds. The van der Waals surface area contributed by atoms with Gasteiger partial charge in [-0.3, -0.25) is 0 Å². The number of anilines is 2. The summed E-state index contributed by atoms with van der Waals surface area (Å²) in [5.74, 6) is 0.668. The molecule has 1 atom stereocenters. The Morgan fingerprint density at radius 1 is 1.50 bits per heavy atom. The summed E-state index contributed by atoms with van der Waals surface area (Å²) in [6.07, 6.45) is 2.61. The van der Waals surface area contributed by atoms with Gasteiger partial charge in [0.15, 0.2) is 11.6 Å². The summed E-state index contributed by atoms with van der Waals surface area (Å²) >= 11 is 0. The summed E-state index contributed by atoms with van der Waals surface area (Å²) in [5.41, 5.74) is 0. The zero-order chi connectivity index (χ0) is 13.1. The van der Waals surface area contributed by atoms with Gasteiger partial charge in [0.1, 0.15) is 0 Å². The molecule has 1 aliphatic rings. The predicted molar refractivity (Wildman–Crippen MR) is 68.2 cm³/mol. The zero-order valence-corrected chi connectivity index (χ0v) is 10.7. The van der Waals surface area contributed by atoms with Crippen molar-refractivity contribution in [3.05, 3.63) is 12.0 Å². The lowest BCUT2D eigenvalue weighted by Crippen LogP contribution is -2.38. The molecule has 1 fully saturated rings. The van der Waals surface area contributed by atoms with Gasteiger partial charge in [-0.15, -0.1) is 0 Å². The van der Waals surface area contributed by atoms with Crippen molar-refractivity contribution in [1.29, 1.82) is 0 Å². The van der Waals surface area contributed by atoms with Crippen molar-refractivity contribution in [1.82, 2.24) is 9.97 Å². The van der Waals surface area contributed by atoms with Crippen LogP contribution in [0.15, 0.2) is 6.20 Å². The molecule has 2 heterocycles. The van der Waals surface area contributed by atoms with Crippen LogP contribution in [0.1, 0.15) is 19.8 Å². The Kier molecular flexibility index (Phi) is 3.96. The number of rotatable bonds is 3. The standard InChI is InChI=1S/C12H19FN4O/c1-8(18)9-3-5-17(6-4-9)11-10(13)7-15-12(14-2)16-11/h7-9,18H,3-6H2,1-2H3,(H,14,15,16). The molecule has 1 aliphatic heterocycles. The Hall–Kier alpha value is -1.43. The first-order valence-electron chi connectivity index (χ1n) is 6.25. The molecule has 0 aromatic carbocycles. The molecule has 18 heavy (non-hydrogen) atoms. The maximum Gasteiger partial charge on any atom is 0.224 e. The Morgan fingerprint density at radius 3 is 2.72 bits per heavy atom. The average Bonchev–Trinajstić information content (AvgIpc) is 2.39. The van der Waals surface area contributed by atoms with Gasteiger partial charge in [-0.1, -0.05) is 0 Å². The quantitative estimate of drug-likeness (QED) is 0.850. The van der Waals surface area contributed by atoms with Crippen molar-refractivity contribution < 1.29 is 9.50 Å². The van der Waals surface area contributed by atoms with Gasteiger partial charge in [0.05, 0.1) is 12.3 Å². The van der Waals surface area contributed by atoms with Crippen molar-refractivity contribution in [2.75, 3.05) is 30.4 Å². The number of hydrogen-bond donors (Lipinski definition) is 2. The van der Waals surface area contributed by atoms with Crippen LogP contribution in [0, 0.1) is 11.7 Å². The maximum absolute atomic E-state index is 13.7. The van der Waals surface area contributed by atoms with Crippen LogP contribution < -0.4 is 10.2 Å². The molecule has 1 saturated heterocycles. The molecule has 1 aromatic rings. The monoisotopic (exact) mass is 254 g/mol. The smallest absolute Gasteiger partial charge is 0.224 e. The minimum atomic E-state index is -0.399. The molecule has 0 radical (unpaired) electrons. The molecule has 1 aromatic heterocycles. The number of halogens is 1. The van der Waals surface area contributed by atoms with Crippen LogP contribution in [0.3, 0.4) is 0 Å². The molecule has 2 rings (SSSR count). The van der Waals surface area contributed by atoms with Crippen LogP contribution in [0.25, 0.3) is 0 Å². The first kappa shape index (κ1) is 13.0. The second-order valence-electron chi connectivity index (χ2n) is 4.68. The number of piperidine rings is 1. The van der Waals surface area contributed by atoms with E-state index in [0.29, 0.717) is 30.8 Å². The molecule has 2 N–H and O–H groups in total. The summed E-state index contributed by atoms with van der Waals surface area (Å²) in [7, 11) is 1.71. The molecule has 5 nitrogen and oxygen atoms in total. The number of hydrogen-bond acceptors (Lipinski definition) is 5. The van der Waals surface area contributed by atoms with Crippen LogP contribution in [0.5, 0.6) is 0 Å². The van der Waals surface area contributed by atoms with Crippen molar-refractivity contribution in [2.45, 2.75) is 25.9 Å². The van der Waals surface area contributed by atoms with Gasteiger partial charge in [-0.25, -0.2) is 9.37 Å². The molecule has 100 valence electrons. The second-order valence-corrected chi connectivity index (χ2v) is 4.68. The summed E-state index contributed by atoms with van der Waals surface area (Å²) in [6, 6.07) is 0. The highest BCUT2D eigenvalue weighted by molar-refractivity contribution is 5.44. The molecular formula is C12H19FN4O. The van der Waals surface area contributed by atoms with Crippen molar-refractivity contribution >= 4 is 11.8 Å². The predicted octanol–water partition coefficient (Wildman–Crippen LogP) is 1.25. The molecule has 0 bridgehead atoms. The Bertz CT molecular complexity index is 405. The van der Waals surface area contributed by atoms with Crippen molar-refractivity contribution in [3.63, 3.8) is 0 Å². The van der Waals surface area contributed by atoms with Gasteiger partial charge in [0, 0.05) is 20.1 Å². The van der Waals surface area contributed by atoms with E-state index in [1.807, 2.05) is 11.8 Å². The van der Waals surface area contributed by atoms with Crippen LogP contribution in [-0.2, 0) is 0 Å². The number of aliphatic hydroxyl groups is 1. The average molecular weight is 254 g/mol. The highest BCUT2D eigenvalue weighted by atomic mass is 19.1. The Balaban J connectivity index is 2.09. The first-order chi connectivity index (χ1) is 8.61. The van der Waals surface area contributed by atoms with E-state index in [0.717, 1.165) is 12.8 Å². The second kappa shape index (κ2) is 5.48. The lowest BCUT2D eigenvalue weighted by atomic mass is 9.92. The fraction of sp³-hybridized carbons (Fsp3) is 0.667. The van der Waals surface area contributed by atoms with Gasteiger partial charge in [-0.2, -0.15) is 4.98 Å². The van der Waals surface area contributed by atoms with E-state index in [9.17, 15) is 9.50 Å². The Labute approximate surface area is 106 Å². The van der Waals surface area contributed by atoms with E-state index >= 15 is 0 Å². The minimum absolute atomic E-state index is 0.296.